The smallest absolute Gasteiger partial charge is 0.254 e. The van der Waals surface area contributed by atoms with Gasteiger partial charge < -0.3 is 30.4 Å². The number of anilines is 1. The number of nitrogens with one attached hydrogen (secondary N) is 1. The van der Waals surface area contributed by atoms with Crippen LogP contribution >= 0.6 is 0 Å². The average Bonchev–Trinajstić information content (AvgIpc) is 2.46. The van der Waals surface area contributed by atoms with Crippen LogP contribution in [0.25, 0.3) is 0 Å². The van der Waals surface area contributed by atoms with E-state index in [0.29, 0.717) is 17.2 Å². The molecule has 7 heteroatoms. The number of ether oxygens (including phenoxy) is 3. The van der Waals surface area contributed by atoms with Crippen LogP contribution in [0.15, 0.2) is 18.2 Å². The van der Waals surface area contributed by atoms with Crippen molar-refractivity contribution < 1.29 is 24.1 Å². The third-order valence-electron chi connectivity index (χ3n) is 2.57. The first kappa shape index (κ1) is 16.2. The first-order chi connectivity index (χ1) is 9.65. The number of nitrogens with two attached hydrogens (primary N) is 1. The molecule has 0 aliphatic carbocycles. The van der Waals surface area contributed by atoms with Gasteiger partial charge in [-0.1, -0.05) is 0 Å². The number of rotatable bonds is 8. The molecule has 1 aromatic rings. The van der Waals surface area contributed by atoms with Crippen LogP contribution in [-0.2, 0) is 9.53 Å². The van der Waals surface area contributed by atoms with Gasteiger partial charge in [-0.25, -0.2) is 0 Å². The van der Waals surface area contributed by atoms with E-state index in [2.05, 4.69) is 5.32 Å². The largest absolute Gasteiger partial charge is 0.493 e. The Morgan fingerprint density at radius 3 is 2.70 bits per heavy atom. The zero-order chi connectivity index (χ0) is 15.0. The number of hydrogen-bond acceptors (Lipinski definition) is 6. The van der Waals surface area contributed by atoms with Crippen molar-refractivity contribution >= 4 is 11.6 Å². The van der Waals surface area contributed by atoms with Crippen molar-refractivity contribution in [1.82, 2.24) is 0 Å². The number of hydrogen-bond donors (Lipinski definition) is 3. The maximum Gasteiger partial charge on any atom is 0.254 e. The monoisotopic (exact) mass is 284 g/mol. The molecule has 0 heterocycles. The zero-order valence-electron chi connectivity index (χ0n) is 11.6. The summed E-state index contributed by atoms with van der Waals surface area (Å²) in [6.45, 7) is 0.113. The lowest BCUT2D eigenvalue weighted by Crippen LogP contribution is -2.35. The second-order valence-electron chi connectivity index (χ2n) is 3.89. The number of benzene rings is 1. The van der Waals surface area contributed by atoms with E-state index >= 15 is 0 Å². The summed E-state index contributed by atoms with van der Waals surface area (Å²) in [5, 5.41) is 11.4. The van der Waals surface area contributed by atoms with E-state index in [1.165, 1.54) is 14.2 Å². The summed E-state index contributed by atoms with van der Waals surface area (Å²) in [4.78, 5) is 11.8. The van der Waals surface area contributed by atoms with Crippen LogP contribution in [0.3, 0.4) is 0 Å². The van der Waals surface area contributed by atoms with Crippen molar-refractivity contribution in [2.24, 2.45) is 5.73 Å². The number of amides is 1. The number of aliphatic hydroxyl groups is 1. The molecule has 1 rings (SSSR count). The van der Waals surface area contributed by atoms with Gasteiger partial charge in [0.1, 0.15) is 12.7 Å². The second kappa shape index (κ2) is 8.36. The van der Waals surface area contributed by atoms with Gasteiger partial charge in [-0.3, -0.25) is 4.79 Å². The van der Waals surface area contributed by atoms with Gasteiger partial charge in [0.2, 0.25) is 0 Å². The maximum atomic E-state index is 11.8. The van der Waals surface area contributed by atoms with Crippen molar-refractivity contribution in [3.8, 4) is 11.5 Å². The zero-order valence-corrected chi connectivity index (χ0v) is 11.6. The maximum absolute atomic E-state index is 11.8. The van der Waals surface area contributed by atoms with Gasteiger partial charge >= 0.3 is 0 Å². The molecule has 1 aromatic carbocycles. The van der Waals surface area contributed by atoms with Crippen molar-refractivity contribution in [1.29, 1.82) is 0 Å². The van der Waals surface area contributed by atoms with E-state index in [-0.39, 0.29) is 25.7 Å². The van der Waals surface area contributed by atoms with Crippen molar-refractivity contribution in [3.05, 3.63) is 18.2 Å². The third kappa shape index (κ3) is 4.37. The van der Waals surface area contributed by atoms with Crippen LogP contribution < -0.4 is 20.5 Å². The number of carbonyl (C=O) groups excluding carboxylic acids is 1. The minimum Gasteiger partial charge on any atom is -0.493 e. The summed E-state index contributed by atoms with van der Waals surface area (Å²) in [6.07, 6.45) is -0.709. The van der Waals surface area contributed by atoms with Crippen molar-refractivity contribution in [3.63, 3.8) is 0 Å². The highest BCUT2D eigenvalue weighted by Crippen LogP contribution is 2.30. The van der Waals surface area contributed by atoms with Crippen molar-refractivity contribution in [2.75, 3.05) is 39.3 Å². The fourth-order valence-electron chi connectivity index (χ4n) is 1.56. The molecule has 112 valence electrons. The van der Waals surface area contributed by atoms with Crippen LogP contribution in [0.1, 0.15) is 0 Å². The highest BCUT2D eigenvalue weighted by atomic mass is 16.5. The minimum absolute atomic E-state index is 0.0896. The van der Waals surface area contributed by atoms with Crippen LogP contribution in [0.4, 0.5) is 5.69 Å². The summed E-state index contributed by atoms with van der Waals surface area (Å²) in [5.74, 6) is 0.605. The quantitative estimate of drug-likeness (QED) is 0.620. The van der Waals surface area contributed by atoms with Crippen LogP contribution in [0.2, 0.25) is 0 Å². The lowest BCUT2D eigenvalue weighted by atomic mass is 10.2. The molecule has 1 amide bonds. The van der Waals surface area contributed by atoms with Gasteiger partial charge in [-0.05, 0) is 12.1 Å². The molecule has 0 aliphatic rings. The number of carbonyl (C=O) groups is 1. The third-order valence-corrected chi connectivity index (χ3v) is 2.57. The molecule has 20 heavy (non-hydrogen) atoms. The lowest BCUT2D eigenvalue weighted by molar-refractivity contribution is -0.125. The Kier molecular flexibility index (Phi) is 6.78. The molecule has 0 saturated heterocycles. The highest BCUT2D eigenvalue weighted by molar-refractivity contribution is 5.94. The number of methoxy groups -OCH3 is 2. The van der Waals surface area contributed by atoms with Crippen molar-refractivity contribution in [2.45, 2.75) is 6.10 Å². The summed E-state index contributed by atoms with van der Waals surface area (Å²) < 4.78 is 15.4. The molecule has 0 fully saturated rings. The van der Waals surface area contributed by atoms with Crippen LogP contribution in [0, 0.1) is 0 Å². The molecule has 1 atom stereocenters. The van der Waals surface area contributed by atoms with Crippen LogP contribution in [0.5, 0.6) is 11.5 Å². The molecule has 0 saturated carbocycles. The Labute approximate surface area is 117 Å². The molecular formula is C13H20N2O5. The molecule has 0 spiro atoms. The Hall–Kier alpha value is -1.83. The Morgan fingerprint density at radius 2 is 2.15 bits per heavy atom. The highest BCUT2D eigenvalue weighted by Gasteiger charge is 2.16. The van der Waals surface area contributed by atoms with Gasteiger partial charge in [0.05, 0.1) is 13.7 Å². The topological polar surface area (TPSA) is 103 Å². The molecular weight excluding hydrogens is 264 g/mol. The molecule has 0 radical (unpaired) electrons. The van der Waals surface area contributed by atoms with Gasteiger partial charge in [0.25, 0.3) is 5.91 Å². The van der Waals surface area contributed by atoms with E-state index < -0.39 is 6.10 Å². The molecule has 7 nitrogen and oxygen atoms in total. The van der Waals surface area contributed by atoms with E-state index in [9.17, 15) is 4.79 Å². The molecule has 0 aromatic heterocycles. The van der Waals surface area contributed by atoms with E-state index in [1.807, 2.05) is 0 Å². The minimum atomic E-state index is -0.709. The van der Waals surface area contributed by atoms with Gasteiger partial charge in [0.15, 0.2) is 11.5 Å². The summed E-state index contributed by atoms with van der Waals surface area (Å²) in [5.41, 5.74) is 5.95. The fraction of sp³-hybridized carbons (Fsp3) is 0.462. The Morgan fingerprint density at radius 1 is 1.40 bits per heavy atom. The summed E-state index contributed by atoms with van der Waals surface area (Å²) >= 11 is 0. The normalized spacial score (nSPS) is 11.8. The predicted octanol–water partition coefficient (Wildman–Crippen LogP) is -0.0215. The summed E-state index contributed by atoms with van der Waals surface area (Å²) in [7, 11) is 2.93. The standard InChI is InChI=1S/C13H20N2O5/c1-18-10-4-3-9(7-11(10)20-6-5-16)15-13(17)12(8-14)19-2/h3-4,7,12,16H,5-6,8,14H2,1-2H3,(H,15,17). The first-order valence-corrected chi connectivity index (χ1v) is 6.11. The van der Waals surface area contributed by atoms with E-state index in [4.69, 9.17) is 25.1 Å². The first-order valence-electron chi connectivity index (χ1n) is 6.11. The fourth-order valence-corrected chi connectivity index (χ4v) is 1.56. The molecule has 0 aliphatic heterocycles. The lowest BCUT2D eigenvalue weighted by Gasteiger charge is -2.15. The van der Waals surface area contributed by atoms with E-state index in [1.54, 1.807) is 18.2 Å². The molecule has 1 unspecified atom stereocenters. The second-order valence-corrected chi connectivity index (χ2v) is 3.89. The molecule has 0 bridgehead atoms. The van der Waals surface area contributed by atoms with Gasteiger partial charge in [-0.2, -0.15) is 0 Å². The average molecular weight is 284 g/mol. The Balaban J connectivity index is 2.82. The predicted molar refractivity (Wildman–Crippen MR) is 74.1 cm³/mol. The Bertz CT molecular complexity index is 435. The van der Waals surface area contributed by atoms with Gasteiger partial charge in [0, 0.05) is 25.4 Å². The summed E-state index contributed by atoms with van der Waals surface area (Å²) in [6, 6.07) is 4.94. The van der Waals surface area contributed by atoms with E-state index in [0.717, 1.165) is 0 Å². The number of aliphatic hydroxyl groups excluding tert-OH is 1. The van der Waals surface area contributed by atoms with Crippen LogP contribution in [-0.4, -0.2) is 51.1 Å². The SMILES string of the molecule is COc1ccc(NC(=O)C(CN)OC)cc1OCCO. The molecule has 4 N–H and O–H groups in total. The van der Waals surface area contributed by atoms with Gasteiger partial charge in [-0.15, -0.1) is 0 Å².